The molecular formula is C25H25FN6O5. The molecule has 0 aliphatic carbocycles. The highest BCUT2D eigenvalue weighted by Crippen LogP contribution is 2.32. The molecule has 3 heterocycles. The van der Waals surface area contributed by atoms with Crippen LogP contribution in [0.15, 0.2) is 53.4 Å². The molecule has 1 aromatic carbocycles. The fourth-order valence-corrected chi connectivity index (χ4v) is 3.73. The molecule has 3 aromatic heterocycles. The molecular weight excluding hydrogens is 483 g/mol. The topological polar surface area (TPSA) is 148 Å². The minimum Gasteiger partial charge on any atom is -0.465 e. The van der Waals surface area contributed by atoms with Gasteiger partial charge in [-0.2, -0.15) is 5.10 Å². The van der Waals surface area contributed by atoms with E-state index in [1.165, 1.54) is 30.1 Å². The Morgan fingerprint density at radius 1 is 1.11 bits per heavy atom. The number of nitrogen functional groups attached to an aromatic ring is 1. The van der Waals surface area contributed by atoms with Gasteiger partial charge in [-0.05, 0) is 32.9 Å². The van der Waals surface area contributed by atoms with E-state index in [1.54, 1.807) is 44.2 Å². The Labute approximate surface area is 211 Å². The highest BCUT2D eigenvalue weighted by molar-refractivity contribution is 6.06. The van der Waals surface area contributed by atoms with E-state index >= 15 is 0 Å². The van der Waals surface area contributed by atoms with Gasteiger partial charge in [0.25, 0.3) is 0 Å². The van der Waals surface area contributed by atoms with Crippen LogP contribution in [0.4, 0.5) is 10.1 Å². The second-order valence-electron chi connectivity index (χ2n) is 8.11. The smallest absolute Gasteiger partial charge is 0.329 e. The normalized spacial score (nSPS) is 11.4. The SMILES string of the molecule is CCOC(=O)C(C)(C(=O)OCC)c1nc(-c2cc(-c3ccon3)n(Cc3ccccc3F)n2)ncc1N. The number of halogens is 1. The second-order valence-corrected chi connectivity index (χ2v) is 8.11. The van der Waals surface area contributed by atoms with Crippen molar-refractivity contribution < 1.29 is 28.0 Å². The summed E-state index contributed by atoms with van der Waals surface area (Å²) >= 11 is 0. The summed E-state index contributed by atoms with van der Waals surface area (Å²) < 4.78 is 31.2. The number of benzene rings is 1. The van der Waals surface area contributed by atoms with Crippen LogP contribution in [0, 0.1) is 5.82 Å². The monoisotopic (exact) mass is 508 g/mol. The summed E-state index contributed by atoms with van der Waals surface area (Å²) in [6.07, 6.45) is 2.68. The maximum atomic E-state index is 14.4. The molecule has 0 bridgehead atoms. The van der Waals surface area contributed by atoms with Crippen LogP contribution in [-0.2, 0) is 31.0 Å². The molecule has 0 atom stereocenters. The fraction of sp³-hybridized carbons (Fsp3) is 0.280. The van der Waals surface area contributed by atoms with E-state index in [0.717, 1.165) is 0 Å². The number of hydrogen-bond acceptors (Lipinski definition) is 10. The maximum absolute atomic E-state index is 14.4. The lowest BCUT2D eigenvalue weighted by Gasteiger charge is -2.25. The zero-order valence-electron chi connectivity index (χ0n) is 20.5. The van der Waals surface area contributed by atoms with Gasteiger partial charge in [0, 0.05) is 11.6 Å². The summed E-state index contributed by atoms with van der Waals surface area (Å²) in [4.78, 5) is 34.5. The second kappa shape index (κ2) is 10.6. The molecule has 11 nitrogen and oxygen atoms in total. The Kier molecular flexibility index (Phi) is 7.27. The van der Waals surface area contributed by atoms with E-state index in [1.807, 2.05) is 0 Å². The summed E-state index contributed by atoms with van der Waals surface area (Å²) in [5.41, 5.74) is 5.72. The average Bonchev–Trinajstić information content (AvgIpc) is 3.56. The molecule has 0 saturated heterocycles. The molecule has 12 heteroatoms. The third-order valence-corrected chi connectivity index (χ3v) is 5.65. The van der Waals surface area contributed by atoms with Crippen LogP contribution in [0.3, 0.4) is 0 Å². The summed E-state index contributed by atoms with van der Waals surface area (Å²) in [5.74, 6) is -2.05. The van der Waals surface area contributed by atoms with E-state index < -0.39 is 23.2 Å². The van der Waals surface area contributed by atoms with E-state index in [-0.39, 0.29) is 42.7 Å². The van der Waals surface area contributed by atoms with Crippen molar-refractivity contribution in [3.8, 4) is 22.9 Å². The first-order chi connectivity index (χ1) is 17.8. The minimum absolute atomic E-state index is 0.00475. The quantitative estimate of drug-likeness (QED) is 0.264. The maximum Gasteiger partial charge on any atom is 0.329 e. The summed E-state index contributed by atoms with van der Waals surface area (Å²) in [6.45, 7) is 4.72. The van der Waals surface area contributed by atoms with Crippen molar-refractivity contribution in [3.05, 3.63) is 65.9 Å². The number of carbonyl (C=O) groups is 2. The van der Waals surface area contributed by atoms with Gasteiger partial charge in [-0.25, -0.2) is 14.4 Å². The number of hydrogen-bond donors (Lipinski definition) is 1. The Morgan fingerprint density at radius 3 is 2.43 bits per heavy atom. The molecule has 0 amide bonds. The van der Waals surface area contributed by atoms with Crippen LogP contribution >= 0.6 is 0 Å². The van der Waals surface area contributed by atoms with Crippen LogP contribution in [0.1, 0.15) is 32.0 Å². The van der Waals surface area contributed by atoms with E-state index in [4.69, 9.17) is 19.7 Å². The van der Waals surface area contributed by atoms with Gasteiger partial charge in [-0.15, -0.1) is 0 Å². The van der Waals surface area contributed by atoms with Crippen LogP contribution in [0.2, 0.25) is 0 Å². The first-order valence-corrected chi connectivity index (χ1v) is 11.5. The Morgan fingerprint density at radius 2 is 1.81 bits per heavy atom. The predicted molar refractivity (Wildman–Crippen MR) is 129 cm³/mol. The predicted octanol–water partition coefficient (Wildman–Crippen LogP) is 3.15. The minimum atomic E-state index is -1.95. The van der Waals surface area contributed by atoms with Crippen LogP contribution in [-0.4, -0.2) is 50.1 Å². The van der Waals surface area contributed by atoms with E-state index in [2.05, 4.69) is 20.2 Å². The van der Waals surface area contributed by atoms with Crippen molar-refractivity contribution in [2.75, 3.05) is 18.9 Å². The highest BCUT2D eigenvalue weighted by atomic mass is 19.1. The fourth-order valence-electron chi connectivity index (χ4n) is 3.73. The molecule has 0 unspecified atom stereocenters. The molecule has 0 saturated carbocycles. The van der Waals surface area contributed by atoms with Crippen molar-refractivity contribution in [1.29, 1.82) is 0 Å². The molecule has 0 spiro atoms. The van der Waals surface area contributed by atoms with Crippen molar-refractivity contribution in [2.45, 2.75) is 32.7 Å². The van der Waals surface area contributed by atoms with Gasteiger partial charge in [0.05, 0.1) is 43.0 Å². The lowest BCUT2D eigenvalue weighted by molar-refractivity contribution is -0.164. The number of aromatic nitrogens is 5. The zero-order valence-corrected chi connectivity index (χ0v) is 20.5. The standard InChI is InChI=1S/C25H25FN6O5/c1-4-35-23(33)25(3,24(34)36-5-2)21-17(27)13-28-22(29-21)19-12-20(18-10-11-37-31-18)32(30-19)14-15-8-6-7-9-16(15)26/h6-13H,4-5,14,27H2,1-3H3. The number of anilines is 1. The number of nitrogens with zero attached hydrogens (tertiary/aromatic N) is 5. The molecule has 4 aromatic rings. The van der Waals surface area contributed by atoms with Crippen molar-refractivity contribution in [2.24, 2.45) is 0 Å². The van der Waals surface area contributed by atoms with E-state index in [9.17, 15) is 14.0 Å². The molecule has 2 N–H and O–H groups in total. The molecule has 37 heavy (non-hydrogen) atoms. The van der Waals surface area contributed by atoms with Gasteiger partial charge >= 0.3 is 11.9 Å². The van der Waals surface area contributed by atoms with Gasteiger partial charge in [-0.3, -0.25) is 14.3 Å². The molecule has 0 aliphatic heterocycles. The lowest BCUT2D eigenvalue weighted by atomic mass is 9.85. The Bertz CT molecular complexity index is 1400. The van der Waals surface area contributed by atoms with Crippen LogP contribution in [0.25, 0.3) is 22.9 Å². The zero-order chi connectivity index (χ0) is 26.6. The highest BCUT2D eigenvalue weighted by Gasteiger charge is 2.49. The number of ether oxygens (including phenoxy) is 2. The molecule has 192 valence electrons. The molecule has 0 fully saturated rings. The van der Waals surface area contributed by atoms with Gasteiger partial charge in [0.1, 0.15) is 23.5 Å². The van der Waals surface area contributed by atoms with Gasteiger partial charge < -0.3 is 19.7 Å². The number of rotatable bonds is 9. The van der Waals surface area contributed by atoms with Crippen LogP contribution < -0.4 is 5.73 Å². The Hall–Kier alpha value is -4.61. The molecule has 0 radical (unpaired) electrons. The van der Waals surface area contributed by atoms with Gasteiger partial charge in [-0.1, -0.05) is 23.4 Å². The summed E-state index contributed by atoms with van der Waals surface area (Å²) in [6, 6.07) is 9.59. The largest absolute Gasteiger partial charge is 0.465 e. The van der Waals surface area contributed by atoms with E-state index in [0.29, 0.717) is 17.0 Å². The third-order valence-electron chi connectivity index (χ3n) is 5.65. The van der Waals surface area contributed by atoms with Crippen molar-refractivity contribution in [1.82, 2.24) is 24.9 Å². The number of carbonyl (C=O) groups excluding carboxylic acids is 2. The molecule has 4 rings (SSSR count). The number of nitrogens with two attached hydrogens (primary N) is 1. The Balaban J connectivity index is 1.83. The first kappa shape index (κ1) is 25.5. The van der Waals surface area contributed by atoms with Gasteiger partial charge in [0.2, 0.25) is 5.41 Å². The van der Waals surface area contributed by atoms with Gasteiger partial charge in [0.15, 0.2) is 5.82 Å². The molecule has 0 aliphatic rings. The summed E-state index contributed by atoms with van der Waals surface area (Å²) in [5, 5.41) is 8.52. The summed E-state index contributed by atoms with van der Waals surface area (Å²) in [7, 11) is 0. The van der Waals surface area contributed by atoms with Crippen molar-refractivity contribution in [3.63, 3.8) is 0 Å². The number of esters is 2. The van der Waals surface area contributed by atoms with Crippen LogP contribution in [0.5, 0.6) is 0 Å². The average molecular weight is 509 g/mol. The third kappa shape index (κ3) is 4.90. The van der Waals surface area contributed by atoms with Crippen molar-refractivity contribution >= 4 is 17.6 Å². The lowest BCUT2D eigenvalue weighted by Crippen LogP contribution is -2.45. The first-order valence-electron chi connectivity index (χ1n) is 11.5.